The standard InChI is InChI=1S/C32H34N8O/c33-28-16-26(29-30(36-28)38-39-37-29)25-9-14-34-31-10-12-32(13-11-31,23-6-2-1-3-7-23)27(17-31)41-24-8-4-5-21(15-24)19-40-20-22(25)18-35-40/h1-8,15-16,18,20,25,27,34H,9-14,17,19H2,(H3,33,36,37,38,39)/t25?,27-,31?,32?/m0/s1. The summed E-state index contributed by atoms with van der Waals surface area (Å²) in [4.78, 5) is 4.38. The van der Waals surface area contributed by atoms with Gasteiger partial charge in [0.2, 0.25) is 5.65 Å². The SMILES string of the molecule is Nc1cc(C2CCNC34CCC(c5ccccc5)(CC3)[C@H](C4)Oc3cccc(c3)Cn3cc2cn3)c2n[nH]nc2n1. The molecule has 3 saturated carbocycles. The average molecular weight is 547 g/mol. The summed E-state index contributed by atoms with van der Waals surface area (Å²) in [6, 6.07) is 21.5. The second-order valence-corrected chi connectivity index (χ2v) is 12.1. The highest BCUT2D eigenvalue weighted by atomic mass is 16.5. The molecule has 4 N–H and O–H groups in total. The number of nitrogens with one attached hydrogen (secondary N) is 2. The van der Waals surface area contributed by atoms with Gasteiger partial charge in [-0.25, -0.2) is 4.98 Å². The topological polar surface area (TPSA) is 120 Å². The summed E-state index contributed by atoms with van der Waals surface area (Å²) in [6.07, 6.45) is 10.6. The molecule has 3 aromatic heterocycles. The van der Waals surface area contributed by atoms with Gasteiger partial charge in [0.05, 0.1) is 12.7 Å². The first kappa shape index (κ1) is 24.5. The molecule has 7 bridgehead atoms. The Morgan fingerprint density at radius 3 is 2.73 bits per heavy atom. The van der Waals surface area contributed by atoms with Crippen LogP contribution in [0.5, 0.6) is 5.75 Å². The second kappa shape index (κ2) is 9.41. The van der Waals surface area contributed by atoms with Crippen molar-refractivity contribution >= 4 is 17.0 Å². The van der Waals surface area contributed by atoms with Gasteiger partial charge in [-0.05, 0) is 79.1 Å². The molecule has 0 radical (unpaired) electrons. The number of aromatic amines is 1. The fourth-order valence-corrected chi connectivity index (χ4v) is 7.74. The zero-order valence-corrected chi connectivity index (χ0v) is 23.0. The zero-order valence-electron chi connectivity index (χ0n) is 23.0. The maximum Gasteiger partial charge on any atom is 0.203 e. The van der Waals surface area contributed by atoms with Crippen LogP contribution in [0.3, 0.4) is 0 Å². The van der Waals surface area contributed by atoms with E-state index in [1.807, 2.05) is 16.9 Å². The van der Waals surface area contributed by atoms with Gasteiger partial charge in [0.15, 0.2) is 0 Å². The first-order valence-corrected chi connectivity index (χ1v) is 14.6. The lowest BCUT2D eigenvalue weighted by Crippen LogP contribution is -2.64. The number of hydrogen-bond donors (Lipinski definition) is 3. The summed E-state index contributed by atoms with van der Waals surface area (Å²) < 4.78 is 8.96. The number of nitrogens with two attached hydrogens (primary N) is 1. The van der Waals surface area contributed by atoms with Gasteiger partial charge in [-0.15, -0.1) is 5.10 Å². The van der Waals surface area contributed by atoms with Crippen LogP contribution in [0.4, 0.5) is 5.82 Å². The number of rotatable bonds is 2. The van der Waals surface area contributed by atoms with E-state index in [0.29, 0.717) is 18.0 Å². The number of anilines is 1. The fraction of sp³-hybridized carbons (Fsp3) is 0.375. The highest BCUT2D eigenvalue weighted by Gasteiger charge is 2.56. The Balaban J connectivity index is 1.20. The molecular weight excluding hydrogens is 512 g/mol. The summed E-state index contributed by atoms with van der Waals surface area (Å²) in [5.74, 6) is 1.43. The number of ether oxygens (including phenoxy) is 1. The van der Waals surface area contributed by atoms with Crippen LogP contribution in [0.15, 0.2) is 73.1 Å². The van der Waals surface area contributed by atoms with Crippen LogP contribution < -0.4 is 15.8 Å². The summed E-state index contributed by atoms with van der Waals surface area (Å²) in [5.41, 5.74) is 12.4. The van der Waals surface area contributed by atoms with Crippen LogP contribution in [-0.4, -0.2) is 48.4 Å². The van der Waals surface area contributed by atoms with Crippen molar-refractivity contribution in [3.05, 3.63) is 95.3 Å². The van der Waals surface area contributed by atoms with E-state index in [1.54, 1.807) is 0 Å². The molecule has 1 spiro atoms. The van der Waals surface area contributed by atoms with E-state index in [0.717, 1.165) is 73.0 Å². The van der Waals surface area contributed by atoms with Crippen LogP contribution in [0, 0.1) is 0 Å². The van der Waals surface area contributed by atoms with Gasteiger partial charge >= 0.3 is 0 Å². The van der Waals surface area contributed by atoms with Crippen molar-refractivity contribution < 1.29 is 4.74 Å². The number of aromatic nitrogens is 6. The first-order valence-electron chi connectivity index (χ1n) is 14.6. The molecule has 41 heavy (non-hydrogen) atoms. The molecule has 1 unspecified atom stereocenters. The van der Waals surface area contributed by atoms with Crippen molar-refractivity contribution in [3.63, 3.8) is 0 Å². The molecule has 3 fully saturated rings. The lowest BCUT2D eigenvalue weighted by atomic mass is 9.53. The molecule has 2 aromatic carbocycles. The Morgan fingerprint density at radius 2 is 1.85 bits per heavy atom. The largest absolute Gasteiger partial charge is 0.489 e. The molecule has 9 nitrogen and oxygen atoms in total. The van der Waals surface area contributed by atoms with E-state index in [9.17, 15) is 0 Å². The molecule has 5 aromatic rings. The highest BCUT2D eigenvalue weighted by molar-refractivity contribution is 5.77. The lowest BCUT2D eigenvalue weighted by Gasteiger charge is -2.58. The van der Waals surface area contributed by atoms with Crippen molar-refractivity contribution in [2.24, 2.45) is 0 Å². The molecule has 0 amide bonds. The number of nitrogens with zero attached hydrogens (tertiary/aromatic N) is 5. The van der Waals surface area contributed by atoms with E-state index >= 15 is 0 Å². The summed E-state index contributed by atoms with van der Waals surface area (Å²) >= 11 is 0. The van der Waals surface area contributed by atoms with E-state index < -0.39 is 0 Å². The monoisotopic (exact) mass is 546 g/mol. The van der Waals surface area contributed by atoms with Crippen molar-refractivity contribution in [1.29, 1.82) is 0 Å². The Labute approximate surface area is 238 Å². The van der Waals surface area contributed by atoms with Crippen LogP contribution in [0.25, 0.3) is 11.2 Å². The molecule has 4 heterocycles. The van der Waals surface area contributed by atoms with Crippen LogP contribution in [0.1, 0.15) is 66.7 Å². The minimum absolute atomic E-state index is 0.0286. The number of hydrogen-bond acceptors (Lipinski definition) is 7. The van der Waals surface area contributed by atoms with Gasteiger partial charge in [0.25, 0.3) is 0 Å². The molecule has 1 aliphatic heterocycles. The molecule has 3 aliphatic carbocycles. The number of pyridine rings is 1. The minimum atomic E-state index is 0.0286. The maximum absolute atomic E-state index is 6.96. The zero-order chi connectivity index (χ0) is 27.4. The van der Waals surface area contributed by atoms with Gasteiger partial charge in [-0.2, -0.15) is 15.4 Å². The minimum Gasteiger partial charge on any atom is -0.489 e. The van der Waals surface area contributed by atoms with E-state index in [1.165, 1.54) is 5.56 Å². The molecule has 9 heteroatoms. The third kappa shape index (κ3) is 4.18. The average Bonchev–Trinajstić information content (AvgIpc) is 3.66. The summed E-state index contributed by atoms with van der Waals surface area (Å²) in [7, 11) is 0. The van der Waals surface area contributed by atoms with Crippen LogP contribution >= 0.6 is 0 Å². The number of nitrogen functional groups attached to an aromatic ring is 1. The number of fused-ring (bicyclic) bond motifs is 7. The third-order valence-corrected chi connectivity index (χ3v) is 9.87. The Bertz CT molecular complexity index is 1700. The highest BCUT2D eigenvalue weighted by Crippen LogP contribution is 2.55. The molecule has 2 atom stereocenters. The molecule has 4 aliphatic rings. The van der Waals surface area contributed by atoms with Crippen LogP contribution in [-0.2, 0) is 12.0 Å². The van der Waals surface area contributed by atoms with Crippen molar-refractivity contribution in [2.75, 3.05) is 12.3 Å². The van der Waals surface area contributed by atoms with E-state index in [4.69, 9.17) is 15.6 Å². The smallest absolute Gasteiger partial charge is 0.203 e. The summed E-state index contributed by atoms with van der Waals surface area (Å²) in [6.45, 7) is 1.52. The predicted molar refractivity (Wildman–Crippen MR) is 157 cm³/mol. The molecule has 208 valence electrons. The Morgan fingerprint density at radius 1 is 0.976 bits per heavy atom. The van der Waals surface area contributed by atoms with Gasteiger partial charge in [0.1, 0.15) is 23.2 Å². The molecule has 0 saturated heterocycles. The van der Waals surface area contributed by atoms with Gasteiger partial charge in [0, 0.05) is 29.5 Å². The van der Waals surface area contributed by atoms with Gasteiger partial charge in [-0.1, -0.05) is 42.5 Å². The van der Waals surface area contributed by atoms with Crippen molar-refractivity contribution in [2.45, 2.75) is 68.0 Å². The predicted octanol–water partition coefficient (Wildman–Crippen LogP) is 4.71. The van der Waals surface area contributed by atoms with E-state index in [-0.39, 0.29) is 23.0 Å². The summed E-state index contributed by atoms with van der Waals surface area (Å²) in [5, 5.41) is 20.2. The molecular formula is C32H34N8O. The van der Waals surface area contributed by atoms with Crippen molar-refractivity contribution in [3.8, 4) is 5.75 Å². The number of benzene rings is 2. The van der Waals surface area contributed by atoms with Gasteiger partial charge in [-0.3, -0.25) is 4.68 Å². The normalized spacial score (nSPS) is 27.6. The van der Waals surface area contributed by atoms with Crippen LogP contribution in [0.2, 0.25) is 0 Å². The molecule has 9 rings (SSSR count). The fourth-order valence-electron chi connectivity index (χ4n) is 7.74. The maximum atomic E-state index is 6.96. The third-order valence-electron chi connectivity index (χ3n) is 9.87. The first-order chi connectivity index (χ1) is 20.1. The van der Waals surface area contributed by atoms with Gasteiger partial charge < -0.3 is 15.8 Å². The Kier molecular flexibility index (Phi) is 5.63. The van der Waals surface area contributed by atoms with Crippen molar-refractivity contribution in [1.82, 2.24) is 35.5 Å². The quantitative estimate of drug-likeness (QED) is 0.293. The second-order valence-electron chi connectivity index (χ2n) is 12.1. The lowest BCUT2D eigenvalue weighted by molar-refractivity contribution is -0.0353. The Hall–Kier alpha value is -4.24. The number of H-pyrrole nitrogens is 1. The van der Waals surface area contributed by atoms with E-state index in [2.05, 4.69) is 86.5 Å².